The van der Waals surface area contributed by atoms with E-state index in [2.05, 4.69) is 32.1 Å². The molecule has 1 unspecified atom stereocenters. The van der Waals surface area contributed by atoms with Crippen LogP contribution in [0.15, 0.2) is 16.8 Å². The summed E-state index contributed by atoms with van der Waals surface area (Å²) in [6.45, 7) is 6.78. The molecular formula is C19H26N4OS. The number of nitrogens with zero attached hydrogens (tertiary/aromatic N) is 3. The molecule has 1 spiro atoms. The summed E-state index contributed by atoms with van der Waals surface area (Å²) in [6, 6.07) is 2.49. The lowest BCUT2D eigenvalue weighted by molar-refractivity contribution is 0.0691. The first-order chi connectivity index (χ1) is 12.0. The Hall–Kier alpha value is -1.66. The van der Waals surface area contributed by atoms with Gasteiger partial charge in [0.05, 0.1) is 11.3 Å². The molecule has 134 valence electrons. The first kappa shape index (κ1) is 16.8. The normalized spacial score (nSPS) is 21.5. The number of rotatable bonds is 4. The summed E-state index contributed by atoms with van der Waals surface area (Å²) in [5.74, 6) is 0.148. The molecule has 3 heterocycles. The Morgan fingerprint density at radius 2 is 2.20 bits per heavy atom. The van der Waals surface area contributed by atoms with Crippen LogP contribution >= 0.6 is 11.3 Å². The van der Waals surface area contributed by atoms with E-state index in [1.54, 1.807) is 11.3 Å². The summed E-state index contributed by atoms with van der Waals surface area (Å²) in [4.78, 5) is 15.6. The van der Waals surface area contributed by atoms with Gasteiger partial charge in [-0.1, -0.05) is 0 Å². The van der Waals surface area contributed by atoms with Gasteiger partial charge in [-0.3, -0.25) is 9.48 Å². The fraction of sp³-hybridized carbons (Fsp3) is 0.579. The summed E-state index contributed by atoms with van der Waals surface area (Å²) >= 11 is 1.69. The van der Waals surface area contributed by atoms with Crippen LogP contribution in [0.2, 0.25) is 0 Å². The van der Waals surface area contributed by atoms with Crippen LogP contribution in [0.3, 0.4) is 0 Å². The monoisotopic (exact) mass is 358 g/mol. The predicted molar refractivity (Wildman–Crippen MR) is 99.8 cm³/mol. The number of hydrogen-bond acceptors (Lipinski definition) is 4. The van der Waals surface area contributed by atoms with Crippen LogP contribution in [0.5, 0.6) is 0 Å². The molecule has 1 saturated carbocycles. The first-order valence-electron chi connectivity index (χ1n) is 9.05. The van der Waals surface area contributed by atoms with E-state index in [0.717, 1.165) is 36.5 Å². The van der Waals surface area contributed by atoms with Crippen LogP contribution in [0.25, 0.3) is 0 Å². The molecule has 5 nitrogen and oxygen atoms in total. The number of aromatic nitrogens is 2. The van der Waals surface area contributed by atoms with Crippen molar-refractivity contribution in [1.29, 1.82) is 0 Å². The largest absolute Gasteiger partial charge is 0.331 e. The number of hydrogen-bond donors (Lipinski definition) is 1. The molecule has 25 heavy (non-hydrogen) atoms. The molecule has 1 amide bonds. The van der Waals surface area contributed by atoms with Gasteiger partial charge in [-0.15, -0.1) is 0 Å². The van der Waals surface area contributed by atoms with Gasteiger partial charge in [-0.05, 0) is 74.0 Å². The van der Waals surface area contributed by atoms with Crippen molar-refractivity contribution in [3.63, 3.8) is 0 Å². The maximum atomic E-state index is 13.5. The van der Waals surface area contributed by atoms with Crippen LogP contribution in [0, 0.1) is 19.3 Å². The zero-order chi connectivity index (χ0) is 17.6. The highest BCUT2D eigenvalue weighted by molar-refractivity contribution is 7.07. The fourth-order valence-corrected chi connectivity index (χ4v) is 5.02. The topological polar surface area (TPSA) is 50.2 Å². The molecule has 2 aliphatic rings. The average molecular weight is 359 g/mol. The van der Waals surface area contributed by atoms with Crippen molar-refractivity contribution in [3.05, 3.63) is 39.3 Å². The van der Waals surface area contributed by atoms with Gasteiger partial charge in [0.2, 0.25) is 0 Å². The molecule has 0 aromatic carbocycles. The van der Waals surface area contributed by atoms with E-state index in [0.29, 0.717) is 18.0 Å². The highest BCUT2D eigenvalue weighted by Gasteiger charge is 2.58. The molecule has 2 aromatic rings. The minimum absolute atomic E-state index is 0.148. The molecule has 1 saturated heterocycles. The number of piperidine rings is 1. The summed E-state index contributed by atoms with van der Waals surface area (Å²) in [5, 5.41) is 12.2. The number of thiophene rings is 1. The molecule has 1 atom stereocenters. The van der Waals surface area contributed by atoms with Gasteiger partial charge in [0.1, 0.15) is 0 Å². The molecule has 0 radical (unpaired) electrons. The minimum atomic E-state index is 0.148. The number of nitrogens with one attached hydrogen (secondary N) is 1. The second-order valence-electron chi connectivity index (χ2n) is 7.57. The second-order valence-corrected chi connectivity index (χ2v) is 8.35. The third kappa shape index (κ3) is 2.91. The van der Waals surface area contributed by atoms with Crippen molar-refractivity contribution < 1.29 is 4.79 Å². The maximum absolute atomic E-state index is 13.5. The summed E-state index contributed by atoms with van der Waals surface area (Å²) in [5.41, 5.74) is 4.14. The van der Waals surface area contributed by atoms with Gasteiger partial charge in [0, 0.05) is 25.3 Å². The molecule has 4 rings (SSSR count). The van der Waals surface area contributed by atoms with Gasteiger partial charge in [-0.2, -0.15) is 16.4 Å². The van der Waals surface area contributed by atoms with Gasteiger partial charge in [-0.25, -0.2) is 0 Å². The number of aryl methyl sites for hydroxylation is 2. The summed E-state index contributed by atoms with van der Waals surface area (Å²) in [7, 11) is 1.91. The van der Waals surface area contributed by atoms with Crippen molar-refractivity contribution >= 4 is 17.2 Å². The number of amides is 1. The molecule has 1 aliphatic carbocycles. The maximum Gasteiger partial charge on any atom is 0.258 e. The molecule has 2 aromatic heterocycles. The SMILES string of the molecule is Cc1nn(C)c(C)c1C(=O)N(Cc1ccsc1)C1CC12CCNCC2. The van der Waals surface area contributed by atoms with Crippen molar-refractivity contribution in [3.8, 4) is 0 Å². The summed E-state index contributed by atoms with van der Waals surface area (Å²) < 4.78 is 1.82. The highest BCUT2D eigenvalue weighted by atomic mass is 32.1. The molecule has 1 aliphatic heterocycles. The van der Waals surface area contributed by atoms with Crippen LogP contribution in [0.1, 0.15) is 46.6 Å². The van der Waals surface area contributed by atoms with Crippen LogP contribution in [0.4, 0.5) is 0 Å². The average Bonchev–Trinajstić information content (AvgIpc) is 2.94. The van der Waals surface area contributed by atoms with Crippen LogP contribution in [-0.2, 0) is 13.6 Å². The Morgan fingerprint density at radius 1 is 1.44 bits per heavy atom. The smallest absolute Gasteiger partial charge is 0.258 e. The van der Waals surface area contributed by atoms with E-state index in [1.165, 1.54) is 18.4 Å². The van der Waals surface area contributed by atoms with E-state index in [-0.39, 0.29) is 5.91 Å². The number of carbonyl (C=O) groups excluding carboxylic acids is 1. The highest BCUT2D eigenvalue weighted by Crippen LogP contribution is 2.56. The van der Waals surface area contributed by atoms with Crippen molar-refractivity contribution in [2.24, 2.45) is 12.5 Å². The Morgan fingerprint density at radius 3 is 2.80 bits per heavy atom. The van der Waals surface area contributed by atoms with E-state index in [4.69, 9.17) is 0 Å². The summed E-state index contributed by atoms with van der Waals surface area (Å²) in [6.07, 6.45) is 3.50. The molecule has 0 bridgehead atoms. The fourth-order valence-electron chi connectivity index (χ4n) is 4.36. The standard InChI is InChI=1S/C19H26N4OS/c1-13-17(14(2)22(3)21-13)18(24)23(11-15-4-9-25-12-15)16-10-19(16)5-7-20-8-6-19/h4,9,12,16,20H,5-8,10-11H2,1-3H3. The van der Waals surface area contributed by atoms with Crippen LogP contribution < -0.4 is 5.32 Å². The Bertz CT molecular complexity index is 774. The Labute approximate surface area is 153 Å². The van der Waals surface area contributed by atoms with Crippen molar-refractivity contribution in [2.45, 2.75) is 45.7 Å². The lowest BCUT2D eigenvalue weighted by Crippen LogP contribution is -2.39. The van der Waals surface area contributed by atoms with E-state index < -0.39 is 0 Å². The Kier molecular flexibility index (Phi) is 4.20. The van der Waals surface area contributed by atoms with Crippen molar-refractivity contribution in [2.75, 3.05) is 13.1 Å². The number of carbonyl (C=O) groups is 1. The quantitative estimate of drug-likeness (QED) is 0.914. The molecule has 2 fully saturated rings. The lowest BCUT2D eigenvalue weighted by Gasteiger charge is -2.29. The zero-order valence-electron chi connectivity index (χ0n) is 15.2. The minimum Gasteiger partial charge on any atom is -0.331 e. The van der Waals surface area contributed by atoms with E-state index >= 15 is 0 Å². The van der Waals surface area contributed by atoms with Gasteiger partial charge in [0.25, 0.3) is 5.91 Å². The van der Waals surface area contributed by atoms with Crippen LogP contribution in [-0.4, -0.2) is 39.7 Å². The van der Waals surface area contributed by atoms with Gasteiger partial charge in [0.15, 0.2) is 0 Å². The van der Waals surface area contributed by atoms with E-state index in [1.807, 2.05) is 25.6 Å². The Balaban J connectivity index is 1.64. The first-order valence-corrected chi connectivity index (χ1v) is 9.99. The van der Waals surface area contributed by atoms with E-state index in [9.17, 15) is 4.79 Å². The second kappa shape index (κ2) is 6.25. The molecular weight excluding hydrogens is 332 g/mol. The van der Waals surface area contributed by atoms with Gasteiger partial charge < -0.3 is 10.2 Å². The predicted octanol–water partition coefficient (Wildman–Crippen LogP) is 2.88. The van der Waals surface area contributed by atoms with Gasteiger partial charge >= 0.3 is 0 Å². The third-order valence-corrected chi connectivity index (χ3v) is 6.77. The molecule has 6 heteroatoms. The zero-order valence-corrected chi connectivity index (χ0v) is 16.0. The molecule has 1 N–H and O–H groups in total. The third-order valence-electron chi connectivity index (χ3n) is 6.04. The lowest BCUT2D eigenvalue weighted by atomic mass is 9.93. The van der Waals surface area contributed by atoms with Crippen molar-refractivity contribution in [1.82, 2.24) is 20.0 Å².